The van der Waals surface area contributed by atoms with Gasteiger partial charge in [-0.3, -0.25) is 19.8 Å². The predicted molar refractivity (Wildman–Crippen MR) is 71.1 cm³/mol. The Balaban J connectivity index is 1.87. The third-order valence-electron chi connectivity index (χ3n) is 4.25. The van der Waals surface area contributed by atoms with E-state index >= 15 is 0 Å². The Labute approximate surface area is 117 Å². The van der Waals surface area contributed by atoms with E-state index in [2.05, 4.69) is 15.5 Å². The van der Waals surface area contributed by atoms with E-state index in [1.165, 1.54) is 7.05 Å². The number of nitrogens with one attached hydrogen (secondary N) is 2. The fourth-order valence-corrected chi connectivity index (χ4v) is 3.45. The molecule has 0 aromatic rings. The van der Waals surface area contributed by atoms with Gasteiger partial charge < -0.3 is 10.4 Å². The van der Waals surface area contributed by atoms with Gasteiger partial charge in [0.15, 0.2) is 0 Å². The van der Waals surface area contributed by atoms with Crippen LogP contribution in [0.4, 0.5) is 4.79 Å². The number of rotatable bonds is 4. The minimum absolute atomic E-state index is 0.211. The monoisotopic (exact) mass is 283 g/mol. The normalized spacial score (nSPS) is 28.9. The number of carboxylic acid groups (broad SMARTS) is 1. The maximum Gasteiger partial charge on any atom is 0.321 e. The molecule has 3 amide bonds. The Hall–Kier alpha value is -1.63. The largest absolute Gasteiger partial charge is 0.481 e. The van der Waals surface area contributed by atoms with Gasteiger partial charge in [0.05, 0.1) is 6.54 Å². The van der Waals surface area contributed by atoms with Gasteiger partial charge in [0.25, 0.3) is 0 Å². The molecule has 0 aromatic heterocycles. The summed E-state index contributed by atoms with van der Waals surface area (Å²) in [4.78, 5) is 35.8. The van der Waals surface area contributed by atoms with Gasteiger partial charge >= 0.3 is 12.0 Å². The molecule has 2 heterocycles. The van der Waals surface area contributed by atoms with Crippen LogP contribution in [-0.4, -0.2) is 53.6 Å². The Morgan fingerprint density at radius 3 is 2.30 bits per heavy atom. The van der Waals surface area contributed by atoms with Crippen molar-refractivity contribution >= 4 is 17.9 Å². The molecule has 2 unspecified atom stereocenters. The molecule has 3 N–H and O–H groups in total. The average Bonchev–Trinajstić information content (AvgIpc) is 2.60. The van der Waals surface area contributed by atoms with Crippen molar-refractivity contribution in [2.45, 2.75) is 44.2 Å². The summed E-state index contributed by atoms with van der Waals surface area (Å²) in [5.74, 6) is -0.846. The van der Waals surface area contributed by atoms with Gasteiger partial charge in [0.2, 0.25) is 5.91 Å². The van der Waals surface area contributed by atoms with Gasteiger partial charge in [-0.2, -0.15) is 0 Å². The lowest BCUT2D eigenvalue weighted by Crippen LogP contribution is -2.50. The number of imide groups is 1. The van der Waals surface area contributed by atoms with E-state index in [4.69, 9.17) is 5.11 Å². The summed E-state index contributed by atoms with van der Waals surface area (Å²) < 4.78 is 0. The number of carboxylic acids is 1. The molecular weight excluding hydrogens is 262 g/mol. The highest BCUT2D eigenvalue weighted by Crippen LogP contribution is 2.39. The zero-order chi connectivity index (χ0) is 14.7. The lowest BCUT2D eigenvalue weighted by molar-refractivity contribution is -0.139. The van der Waals surface area contributed by atoms with E-state index in [-0.39, 0.29) is 36.9 Å². The number of carbonyl (C=O) groups is 3. The van der Waals surface area contributed by atoms with Crippen LogP contribution in [0.5, 0.6) is 0 Å². The minimum atomic E-state index is -0.750. The van der Waals surface area contributed by atoms with Crippen molar-refractivity contribution < 1.29 is 19.5 Å². The van der Waals surface area contributed by atoms with Crippen LogP contribution >= 0.6 is 0 Å². The van der Waals surface area contributed by atoms with Crippen LogP contribution in [0.2, 0.25) is 0 Å². The van der Waals surface area contributed by atoms with Gasteiger partial charge in [-0.05, 0) is 31.6 Å². The number of aliphatic carboxylic acids is 1. The second-order valence-electron chi connectivity index (χ2n) is 5.62. The van der Waals surface area contributed by atoms with Crippen molar-refractivity contribution in [3.05, 3.63) is 0 Å². The Morgan fingerprint density at radius 2 is 1.80 bits per heavy atom. The molecule has 2 bridgehead atoms. The van der Waals surface area contributed by atoms with Crippen LogP contribution in [-0.2, 0) is 9.59 Å². The van der Waals surface area contributed by atoms with Crippen LogP contribution < -0.4 is 10.6 Å². The molecule has 20 heavy (non-hydrogen) atoms. The molecule has 0 spiro atoms. The van der Waals surface area contributed by atoms with E-state index in [9.17, 15) is 14.4 Å². The van der Waals surface area contributed by atoms with Crippen LogP contribution in [0.3, 0.4) is 0 Å². The number of fused-ring (bicyclic) bond motifs is 2. The predicted octanol–water partition coefficient (Wildman–Crippen LogP) is 0.160. The fourth-order valence-electron chi connectivity index (χ4n) is 3.45. The highest BCUT2D eigenvalue weighted by molar-refractivity contribution is 5.95. The number of amides is 3. The van der Waals surface area contributed by atoms with Crippen molar-refractivity contribution in [2.75, 3.05) is 13.6 Å². The number of hydrogen-bond acceptors (Lipinski definition) is 4. The number of hydrogen-bond donors (Lipinski definition) is 3. The standard InChI is InChI=1S/C13H21N3O4/c1-14-13(20)15-11(17)7-16-9-2-3-10(16)5-8(4-9)6-12(18)19/h8-10H,2-7H2,1H3,(H,18,19)(H2,14,15,17,20). The van der Waals surface area contributed by atoms with Gasteiger partial charge in [-0.25, -0.2) is 4.79 Å². The van der Waals surface area contributed by atoms with E-state index in [0.717, 1.165) is 25.7 Å². The molecule has 2 atom stereocenters. The van der Waals surface area contributed by atoms with Gasteiger partial charge in [-0.1, -0.05) is 0 Å². The molecule has 0 saturated carbocycles. The summed E-state index contributed by atoms with van der Waals surface area (Å²) in [6.07, 6.45) is 3.89. The van der Waals surface area contributed by atoms with E-state index in [1.54, 1.807) is 0 Å². The minimum Gasteiger partial charge on any atom is -0.481 e. The van der Waals surface area contributed by atoms with Crippen molar-refractivity contribution in [1.29, 1.82) is 0 Å². The van der Waals surface area contributed by atoms with Crippen LogP contribution in [0.25, 0.3) is 0 Å². The smallest absolute Gasteiger partial charge is 0.321 e. The van der Waals surface area contributed by atoms with Crippen molar-refractivity contribution in [3.63, 3.8) is 0 Å². The lowest BCUT2D eigenvalue weighted by Gasteiger charge is -2.38. The number of urea groups is 1. The Kier molecular flexibility index (Phi) is 4.59. The number of nitrogens with zero attached hydrogens (tertiary/aromatic N) is 1. The zero-order valence-electron chi connectivity index (χ0n) is 11.6. The van der Waals surface area contributed by atoms with E-state index in [1.807, 2.05) is 0 Å². The highest BCUT2D eigenvalue weighted by Gasteiger charge is 2.41. The molecule has 2 saturated heterocycles. The summed E-state index contributed by atoms with van der Waals surface area (Å²) in [5, 5.41) is 13.5. The SMILES string of the molecule is CNC(=O)NC(=O)CN1C2CCC1CC(CC(=O)O)C2. The third kappa shape index (κ3) is 3.47. The maximum atomic E-state index is 11.8. The molecular formula is C13H21N3O4. The molecule has 0 aromatic carbocycles. The van der Waals surface area contributed by atoms with Crippen molar-refractivity contribution in [3.8, 4) is 0 Å². The highest BCUT2D eigenvalue weighted by atomic mass is 16.4. The van der Waals surface area contributed by atoms with Gasteiger partial charge in [0.1, 0.15) is 0 Å². The summed E-state index contributed by atoms with van der Waals surface area (Å²) >= 11 is 0. The quantitative estimate of drug-likeness (QED) is 0.682. The van der Waals surface area contributed by atoms with E-state index < -0.39 is 12.0 Å². The molecule has 0 radical (unpaired) electrons. The van der Waals surface area contributed by atoms with Crippen LogP contribution in [0, 0.1) is 5.92 Å². The first-order valence-corrected chi connectivity index (χ1v) is 6.98. The van der Waals surface area contributed by atoms with Crippen molar-refractivity contribution in [2.24, 2.45) is 5.92 Å². The molecule has 2 fully saturated rings. The maximum absolute atomic E-state index is 11.8. The van der Waals surface area contributed by atoms with Crippen LogP contribution in [0.1, 0.15) is 32.1 Å². The average molecular weight is 283 g/mol. The second-order valence-corrected chi connectivity index (χ2v) is 5.62. The molecule has 2 aliphatic rings. The number of piperidine rings is 1. The Bertz CT molecular complexity index is 398. The topological polar surface area (TPSA) is 98.7 Å². The molecule has 0 aliphatic carbocycles. The lowest BCUT2D eigenvalue weighted by atomic mass is 9.88. The van der Waals surface area contributed by atoms with Crippen LogP contribution in [0.15, 0.2) is 0 Å². The zero-order valence-corrected chi connectivity index (χ0v) is 11.6. The van der Waals surface area contributed by atoms with Gasteiger partial charge in [-0.15, -0.1) is 0 Å². The summed E-state index contributed by atoms with van der Waals surface area (Å²) in [6, 6.07) is 0.0465. The Morgan fingerprint density at radius 1 is 1.20 bits per heavy atom. The molecule has 112 valence electrons. The third-order valence-corrected chi connectivity index (χ3v) is 4.25. The fraction of sp³-hybridized carbons (Fsp3) is 0.769. The molecule has 2 aliphatic heterocycles. The second kappa shape index (κ2) is 6.21. The summed E-state index contributed by atoms with van der Waals surface area (Å²) in [7, 11) is 1.46. The molecule has 2 rings (SSSR count). The molecule has 7 heteroatoms. The summed E-state index contributed by atoms with van der Waals surface area (Å²) in [6.45, 7) is 0.211. The number of carbonyl (C=O) groups excluding carboxylic acids is 2. The first kappa shape index (κ1) is 14.8. The van der Waals surface area contributed by atoms with Gasteiger partial charge in [0, 0.05) is 25.6 Å². The first-order valence-electron chi connectivity index (χ1n) is 6.98. The van der Waals surface area contributed by atoms with E-state index in [0.29, 0.717) is 0 Å². The first-order chi connectivity index (χ1) is 9.49. The van der Waals surface area contributed by atoms with Crippen molar-refractivity contribution in [1.82, 2.24) is 15.5 Å². The summed E-state index contributed by atoms with van der Waals surface area (Å²) in [5.41, 5.74) is 0. The molecule has 7 nitrogen and oxygen atoms in total.